The van der Waals surface area contributed by atoms with E-state index in [1.165, 1.54) is 30.3 Å². The van der Waals surface area contributed by atoms with Crippen LogP contribution in [0.4, 0.5) is 55.3 Å². The number of nitrogens with two attached hydrogens (primary N) is 2. The molecule has 2 aromatic carbocycles. The van der Waals surface area contributed by atoms with Crippen molar-refractivity contribution in [1.29, 1.82) is 0 Å². The van der Waals surface area contributed by atoms with Crippen molar-refractivity contribution < 1.29 is 43.9 Å². The summed E-state index contributed by atoms with van der Waals surface area (Å²) in [7, 11) is 0. The molecule has 0 atom stereocenters. The van der Waals surface area contributed by atoms with Gasteiger partial charge in [0.1, 0.15) is 0 Å². The second kappa shape index (κ2) is 6.45. The maximum atomic E-state index is 13.9. The molecule has 28 heavy (non-hydrogen) atoms. The zero-order valence-electron chi connectivity index (χ0n) is 13.4. The monoisotopic (exact) mass is 420 g/mol. The molecule has 0 aliphatic carbocycles. The van der Waals surface area contributed by atoms with E-state index in [-0.39, 0.29) is 11.6 Å². The van der Waals surface area contributed by atoms with E-state index in [1.807, 2.05) is 0 Å². The molecule has 0 amide bonds. The highest BCUT2D eigenvalue weighted by Gasteiger charge is 2.66. The molecular weight excluding hydrogens is 410 g/mol. The van der Waals surface area contributed by atoms with Crippen molar-refractivity contribution in [3.05, 3.63) is 47.5 Å². The first-order valence-electron chi connectivity index (χ1n) is 7.21. The van der Waals surface area contributed by atoms with Crippen molar-refractivity contribution in [1.82, 2.24) is 0 Å². The number of hydrogen-bond acceptors (Lipinski definition) is 2. The molecule has 2 aromatic rings. The van der Waals surface area contributed by atoms with Crippen LogP contribution in [0, 0.1) is 0 Å². The molecule has 2 rings (SSSR count). The van der Waals surface area contributed by atoms with Crippen molar-refractivity contribution in [2.45, 2.75) is 24.2 Å². The maximum absolute atomic E-state index is 13.9. The minimum Gasteiger partial charge on any atom is -0.397 e. The quantitative estimate of drug-likeness (QED) is 0.485. The fraction of sp³-hybridized carbons (Fsp3) is 0.250. The number of hydrogen-bond donors (Lipinski definition) is 2. The minimum absolute atomic E-state index is 0.118. The lowest BCUT2D eigenvalue weighted by Gasteiger charge is -2.30. The Bertz CT molecular complexity index is 870. The molecule has 2 nitrogen and oxygen atoms in total. The van der Waals surface area contributed by atoms with Gasteiger partial charge in [-0.15, -0.1) is 0 Å². The van der Waals surface area contributed by atoms with Gasteiger partial charge in [0.25, 0.3) is 0 Å². The molecule has 0 heterocycles. The van der Waals surface area contributed by atoms with Gasteiger partial charge in [0.05, 0.1) is 16.9 Å². The molecule has 0 unspecified atom stereocenters. The second-order valence-electron chi connectivity index (χ2n) is 5.68. The van der Waals surface area contributed by atoms with Crippen molar-refractivity contribution in [3.8, 4) is 11.1 Å². The maximum Gasteiger partial charge on any atom is 0.458 e. The van der Waals surface area contributed by atoms with Gasteiger partial charge in [-0.3, -0.25) is 0 Å². The lowest BCUT2D eigenvalue weighted by Crippen LogP contribution is -2.41. The summed E-state index contributed by atoms with van der Waals surface area (Å²) in [5.41, 5.74) is 1.71. The van der Waals surface area contributed by atoms with Crippen LogP contribution in [-0.4, -0.2) is 12.4 Å². The zero-order chi connectivity index (χ0) is 21.7. The van der Waals surface area contributed by atoms with Crippen molar-refractivity contribution in [2.24, 2.45) is 0 Å². The zero-order valence-corrected chi connectivity index (χ0v) is 13.4. The summed E-state index contributed by atoms with van der Waals surface area (Å²) in [6, 6.07) is 6.24. The molecule has 0 saturated carbocycles. The fourth-order valence-corrected chi connectivity index (χ4v) is 2.46. The Morgan fingerprint density at radius 1 is 0.607 bits per heavy atom. The fourth-order valence-electron chi connectivity index (χ4n) is 2.46. The Morgan fingerprint density at radius 3 is 1.50 bits per heavy atom. The van der Waals surface area contributed by atoms with E-state index in [0.29, 0.717) is 0 Å². The minimum atomic E-state index is -6.50. The van der Waals surface area contributed by atoms with E-state index in [2.05, 4.69) is 0 Å². The third-order valence-electron chi connectivity index (χ3n) is 3.86. The normalized spacial score (nSPS) is 13.6. The average Bonchev–Trinajstić information content (AvgIpc) is 2.55. The standard InChI is InChI=1S/C16H10F10N2/c17-13(18,15(21,22)23)9-6-8(7-4-2-1-3-5-7)11(27)12(28)10(9)14(19,20)16(24,25)26/h1-6H,27-28H2. The molecule has 4 N–H and O–H groups in total. The lowest BCUT2D eigenvalue weighted by molar-refractivity contribution is -0.301. The SMILES string of the molecule is Nc1c(-c2ccccc2)cc(C(F)(F)C(F)(F)F)c(C(F)(F)C(F)(F)F)c1N. The van der Waals surface area contributed by atoms with Crippen LogP contribution in [0.2, 0.25) is 0 Å². The first-order chi connectivity index (χ1) is 12.5. The van der Waals surface area contributed by atoms with Gasteiger partial charge in [0.2, 0.25) is 0 Å². The average molecular weight is 420 g/mol. The molecule has 0 aliphatic heterocycles. The lowest BCUT2D eigenvalue weighted by atomic mass is 9.88. The number of anilines is 2. The van der Waals surface area contributed by atoms with Crippen LogP contribution in [-0.2, 0) is 11.8 Å². The van der Waals surface area contributed by atoms with Gasteiger partial charge in [-0.05, 0) is 11.6 Å². The summed E-state index contributed by atoms with van der Waals surface area (Å²) in [6.07, 6.45) is -13.0. The Labute approximate surface area is 150 Å². The number of alkyl halides is 10. The molecule has 0 fully saturated rings. The van der Waals surface area contributed by atoms with Crippen LogP contribution >= 0.6 is 0 Å². The number of rotatable bonds is 3. The van der Waals surface area contributed by atoms with Crippen LogP contribution in [0.3, 0.4) is 0 Å². The van der Waals surface area contributed by atoms with Crippen molar-refractivity contribution in [2.75, 3.05) is 11.5 Å². The van der Waals surface area contributed by atoms with E-state index in [9.17, 15) is 43.9 Å². The van der Waals surface area contributed by atoms with Crippen LogP contribution in [0.5, 0.6) is 0 Å². The van der Waals surface area contributed by atoms with E-state index in [1.54, 1.807) is 0 Å². The molecule has 0 saturated heterocycles. The first kappa shape index (κ1) is 21.6. The molecule has 154 valence electrons. The summed E-state index contributed by atoms with van der Waals surface area (Å²) in [4.78, 5) is 0. The van der Waals surface area contributed by atoms with Crippen molar-refractivity contribution in [3.63, 3.8) is 0 Å². The molecule has 12 heteroatoms. The highest BCUT2D eigenvalue weighted by molar-refractivity contribution is 5.88. The Balaban J connectivity index is 3.00. The molecule has 0 aliphatic rings. The summed E-state index contributed by atoms with van der Waals surface area (Å²) in [6.45, 7) is 0. The van der Waals surface area contributed by atoms with E-state index in [4.69, 9.17) is 11.5 Å². The highest BCUT2D eigenvalue weighted by atomic mass is 19.4. The Kier molecular flexibility index (Phi) is 4.98. The molecule has 0 aromatic heterocycles. The predicted molar refractivity (Wildman–Crippen MR) is 80.6 cm³/mol. The third-order valence-corrected chi connectivity index (χ3v) is 3.86. The largest absolute Gasteiger partial charge is 0.458 e. The smallest absolute Gasteiger partial charge is 0.397 e. The first-order valence-corrected chi connectivity index (χ1v) is 7.21. The Morgan fingerprint density at radius 2 is 1.07 bits per heavy atom. The molecular formula is C16H10F10N2. The number of nitrogen functional groups attached to an aromatic ring is 2. The molecule has 0 bridgehead atoms. The van der Waals surface area contributed by atoms with Gasteiger partial charge in [0.15, 0.2) is 0 Å². The summed E-state index contributed by atoms with van der Waals surface area (Å²) < 4.78 is 132. The van der Waals surface area contributed by atoms with Crippen LogP contribution < -0.4 is 11.5 Å². The van der Waals surface area contributed by atoms with E-state index >= 15 is 0 Å². The Hall–Kier alpha value is -2.66. The van der Waals surface area contributed by atoms with Crippen LogP contribution in [0.25, 0.3) is 11.1 Å². The number of halogens is 10. The second-order valence-corrected chi connectivity index (χ2v) is 5.68. The highest BCUT2D eigenvalue weighted by Crippen LogP contribution is 2.55. The van der Waals surface area contributed by atoms with E-state index < -0.39 is 52.3 Å². The van der Waals surface area contributed by atoms with Gasteiger partial charge in [-0.2, -0.15) is 43.9 Å². The molecule has 0 radical (unpaired) electrons. The van der Waals surface area contributed by atoms with Crippen LogP contribution in [0.15, 0.2) is 36.4 Å². The van der Waals surface area contributed by atoms with Gasteiger partial charge >= 0.3 is 24.2 Å². The van der Waals surface area contributed by atoms with E-state index in [0.717, 1.165) is 0 Å². The summed E-state index contributed by atoms with van der Waals surface area (Å²) in [5.74, 6) is -12.2. The predicted octanol–water partition coefficient (Wildman–Crippen LogP) is 5.83. The van der Waals surface area contributed by atoms with Crippen molar-refractivity contribution >= 4 is 11.4 Å². The van der Waals surface area contributed by atoms with Crippen LogP contribution in [0.1, 0.15) is 11.1 Å². The van der Waals surface area contributed by atoms with Gasteiger partial charge in [-0.1, -0.05) is 30.3 Å². The topological polar surface area (TPSA) is 52.0 Å². The van der Waals surface area contributed by atoms with Gasteiger partial charge in [-0.25, -0.2) is 0 Å². The summed E-state index contributed by atoms with van der Waals surface area (Å²) >= 11 is 0. The molecule has 0 spiro atoms. The van der Waals surface area contributed by atoms with Gasteiger partial charge in [0, 0.05) is 11.1 Å². The van der Waals surface area contributed by atoms with Gasteiger partial charge < -0.3 is 11.5 Å². The third kappa shape index (κ3) is 3.31. The number of benzene rings is 2. The summed E-state index contributed by atoms with van der Waals surface area (Å²) in [5, 5.41) is 0.